The van der Waals surface area contributed by atoms with Gasteiger partial charge in [-0.15, -0.1) is 0 Å². The predicted octanol–water partition coefficient (Wildman–Crippen LogP) is 5.47. The van der Waals surface area contributed by atoms with Gasteiger partial charge in [-0.1, -0.05) is 53.7 Å². The van der Waals surface area contributed by atoms with E-state index in [9.17, 15) is 27.9 Å². The SMILES string of the molecule is CC(C)(C)CC(C(=O)OCC(O)COC1=CC2OC(=O)C(c3ccc(OCCO)cc3C(F)(F)F)=CC2C=C1)C(C)(C)C. The number of alkyl halides is 3. The molecule has 4 unspecified atom stereocenters. The van der Waals surface area contributed by atoms with Crippen molar-refractivity contribution in [3.8, 4) is 5.75 Å². The second kappa shape index (κ2) is 13.5. The van der Waals surface area contributed by atoms with E-state index in [0.717, 1.165) is 12.1 Å². The highest BCUT2D eigenvalue weighted by atomic mass is 19.4. The maximum atomic E-state index is 13.9. The molecule has 4 atom stereocenters. The van der Waals surface area contributed by atoms with Gasteiger partial charge in [-0.3, -0.25) is 4.79 Å². The predicted molar refractivity (Wildman–Crippen MR) is 153 cm³/mol. The van der Waals surface area contributed by atoms with Crippen molar-refractivity contribution in [2.45, 2.75) is 66.3 Å². The minimum absolute atomic E-state index is 0.0876. The molecule has 1 aliphatic heterocycles. The molecule has 1 aromatic rings. The molecule has 0 aromatic heterocycles. The molecule has 0 saturated heterocycles. The molecule has 0 radical (unpaired) electrons. The highest BCUT2D eigenvalue weighted by Crippen LogP contribution is 2.41. The lowest BCUT2D eigenvalue weighted by Gasteiger charge is -2.34. The first-order chi connectivity index (χ1) is 19.9. The molecule has 1 aromatic carbocycles. The van der Waals surface area contributed by atoms with E-state index in [1.165, 1.54) is 18.2 Å². The lowest BCUT2D eigenvalue weighted by atomic mass is 9.72. The fourth-order valence-corrected chi connectivity index (χ4v) is 4.77. The van der Waals surface area contributed by atoms with Gasteiger partial charge in [-0.2, -0.15) is 13.2 Å². The van der Waals surface area contributed by atoms with Crippen LogP contribution in [-0.4, -0.2) is 60.8 Å². The number of ether oxygens (including phenoxy) is 4. The zero-order chi connectivity index (χ0) is 32.2. The van der Waals surface area contributed by atoms with Gasteiger partial charge in [0.15, 0.2) is 0 Å². The number of allylic oxidation sites excluding steroid dienone is 1. The first kappa shape index (κ1) is 34.2. The van der Waals surface area contributed by atoms with Crippen molar-refractivity contribution in [3.63, 3.8) is 0 Å². The first-order valence-corrected chi connectivity index (χ1v) is 14.1. The molecule has 238 valence electrons. The van der Waals surface area contributed by atoms with Crippen LogP contribution in [0.4, 0.5) is 13.2 Å². The second-order valence-corrected chi connectivity index (χ2v) is 13.0. The number of hydrogen-bond acceptors (Lipinski definition) is 8. The monoisotopic (exact) mass is 610 g/mol. The smallest absolute Gasteiger partial charge is 0.417 e. The Morgan fingerprint density at radius 2 is 1.74 bits per heavy atom. The van der Waals surface area contributed by atoms with Gasteiger partial charge >= 0.3 is 18.1 Å². The average Bonchev–Trinajstić information content (AvgIpc) is 2.90. The highest BCUT2D eigenvalue weighted by Gasteiger charge is 2.39. The number of aliphatic hydroxyl groups excluding tert-OH is 2. The Labute approximate surface area is 250 Å². The summed E-state index contributed by atoms with van der Waals surface area (Å²) in [5.74, 6) is -2.03. The van der Waals surface area contributed by atoms with E-state index in [4.69, 9.17) is 24.1 Å². The molecule has 2 N–H and O–H groups in total. The molecule has 0 bridgehead atoms. The number of halogens is 3. The number of carbonyl (C=O) groups is 2. The molecule has 0 fully saturated rings. The van der Waals surface area contributed by atoms with Crippen LogP contribution < -0.4 is 4.74 Å². The molecular weight excluding hydrogens is 569 g/mol. The van der Waals surface area contributed by atoms with Crippen molar-refractivity contribution in [2.24, 2.45) is 22.7 Å². The van der Waals surface area contributed by atoms with Gasteiger partial charge in [0.1, 0.15) is 43.5 Å². The van der Waals surface area contributed by atoms with Gasteiger partial charge in [-0.05, 0) is 47.6 Å². The lowest BCUT2D eigenvalue weighted by Crippen LogP contribution is -2.35. The lowest BCUT2D eigenvalue weighted by molar-refractivity contribution is -0.157. The molecular formula is C32H41F3O8. The molecule has 3 rings (SSSR count). The van der Waals surface area contributed by atoms with Crippen molar-refractivity contribution in [1.29, 1.82) is 0 Å². The molecule has 8 nitrogen and oxygen atoms in total. The first-order valence-electron chi connectivity index (χ1n) is 14.1. The van der Waals surface area contributed by atoms with E-state index in [0.29, 0.717) is 6.42 Å². The van der Waals surface area contributed by atoms with Gasteiger partial charge in [-0.25, -0.2) is 4.79 Å². The number of carbonyl (C=O) groups excluding carboxylic acids is 2. The summed E-state index contributed by atoms with van der Waals surface area (Å²) in [5, 5.41) is 19.3. The van der Waals surface area contributed by atoms with Gasteiger partial charge in [0.2, 0.25) is 0 Å². The number of benzene rings is 1. The molecule has 2 aliphatic rings. The summed E-state index contributed by atoms with van der Waals surface area (Å²) in [7, 11) is 0. The molecule has 1 heterocycles. The van der Waals surface area contributed by atoms with Crippen molar-refractivity contribution < 1.29 is 51.9 Å². The van der Waals surface area contributed by atoms with E-state index in [2.05, 4.69) is 0 Å². The number of fused-ring (bicyclic) bond motifs is 1. The Kier molecular flexibility index (Phi) is 10.8. The Morgan fingerprint density at radius 1 is 1.05 bits per heavy atom. The molecule has 0 saturated carbocycles. The van der Waals surface area contributed by atoms with Gasteiger partial charge in [0.05, 0.1) is 23.7 Å². The number of esters is 2. The van der Waals surface area contributed by atoms with Crippen LogP contribution in [0.2, 0.25) is 0 Å². The van der Waals surface area contributed by atoms with E-state index in [1.54, 1.807) is 12.2 Å². The molecule has 1 aliphatic carbocycles. The third-order valence-electron chi connectivity index (χ3n) is 6.97. The van der Waals surface area contributed by atoms with Crippen LogP contribution in [0.15, 0.2) is 48.3 Å². The highest BCUT2D eigenvalue weighted by molar-refractivity contribution is 6.17. The zero-order valence-corrected chi connectivity index (χ0v) is 25.4. The van der Waals surface area contributed by atoms with Crippen LogP contribution in [0.3, 0.4) is 0 Å². The summed E-state index contributed by atoms with van der Waals surface area (Å²) in [4.78, 5) is 25.6. The molecule has 0 amide bonds. The quantitative estimate of drug-likeness (QED) is 0.317. The van der Waals surface area contributed by atoms with E-state index >= 15 is 0 Å². The maximum Gasteiger partial charge on any atom is 0.417 e. The summed E-state index contributed by atoms with van der Waals surface area (Å²) in [6, 6.07) is 3.21. The number of aliphatic hydroxyl groups is 2. The Morgan fingerprint density at radius 3 is 2.35 bits per heavy atom. The standard InChI is InChI=1S/C32H41F3O8/c1-30(2,3)16-26(31(4,5)6)29(39)42-18-20(37)17-41-22-8-7-19-13-24(28(38)43-27(19)15-22)23-10-9-21(40-12-11-36)14-25(23)32(33,34)35/h7-10,13-15,19-20,26-27,36-37H,11-12,16-18H2,1-6H3. The normalized spacial score (nSPS) is 20.3. The van der Waals surface area contributed by atoms with Crippen molar-refractivity contribution in [3.05, 3.63) is 59.4 Å². The summed E-state index contributed by atoms with van der Waals surface area (Å²) in [6.07, 6.45) is 0.0346. The van der Waals surface area contributed by atoms with E-state index < -0.39 is 35.8 Å². The van der Waals surface area contributed by atoms with Crippen LogP contribution in [0.25, 0.3) is 5.57 Å². The van der Waals surface area contributed by atoms with Crippen LogP contribution >= 0.6 is 0 Å². The minimum atomic E-state index is -4.77. The third-order valence-corrected chi connectivity index (χ3v) is 6.97. The topological polar surface area (TPSA) is 112 Å². The van der Waals surface area contributed by atoms with Crippen molar-refractivity contribution >= 4 is 17.5 Å². The summed E-state index contributed by atoms with van der Waals surface area (Å²) in [6.45, 7) is 11.0. The third kappa shape index (κ3) is 9.59. The Bertz CT molecular complexity index is 1250. The fourth-order valence-electron chi connectivity index (χ4n) is 4.77. The van der Waals surface area contributed by atoms with Crippen LogP contribution in [-0.2, 0) is 30.0 Å². The molecule has 0 spiro atoms. The summed E-state index contributed by atoms with van der Waals surface area (Å²) < 4.78 is 63.2. The maximum absolute atomic E-state index is 13.9. The van der Waals surface area contributed by atoms with Gasteiger partial charge in [0.25, 0.3) is 0 Å². The van der Waals surface area contributed by atoms with Gasteiger partial charge in [0, 0.05) is 11.5 Å². The van der Waals surface area contributed by atoms with Crippen molar-refractivity contribution in [1.82, 2.24) is 0 Å². The molecule has 11 heteroatoms. The Hall–Kier alpha value is -3.31. The zero-order valence-electron chi connectivity index (χ0n) is 25.4. The van der Waals surface area contributed by atoms with Gasteiger partial charge < -0.3 is 29.2 Å². The average molecular weight is 611 g/mol. The molecule has 43 heavy (non-hydrogen) atoms. The summed E-state index contributed by atoms with van der Waals surface area (Å²) >= 11 is 0. The number of rotatable bonds is 11. The van der Waals surface area contributed by atoms with Crippen molar-refractivity contribution in [2.75, 3.05) is 26.4 Å². The minimum Gasteiger partial charge on any atom is -0.491 e. The number of hydrogen-bond donors (Lipinski definition) is 2. The van der Waals surface area contributed by atoms with Crippen LogP contribution in [0, 0.1) is 22.7 Å². The van der Waals surface area contributed by atoms with E-state index in [-0.39, 0.29) is 71.8 Å². The van der Waals surface area contributed by atoms with Crippen LogP contribution in [0.1, 0.15) is 59.1 Å². The second-order valence-electron chi connectivity index (χ2n) is 13.0. The fraction of sp³-hybridized carbons (Fsp3) is 0.562. The van der Waals surface area contributed by atoms with E-state index in [1.807, 2.05) is 41.5 Å². The largest absolute Gasteiger partial charge is 0.491 e. The van der Waals surface area contributed by atoms with Crippen LogP contribution in [0.5, 0.6) is 5.75 Å². The Balaban J connectivity index is 1.64. The summed E-state index contributed by atoms with van der Waals surface area (Å²) in [5.41, 5.74) is -2.05.